The van der Waals surface area contributed by atoms with Crippen molar-refractivity contribution >= 4 is 40.1 Å². The summed E-state index contributed by atoms with van der Waals surface area (Å²) in [5.41, 5.74) is 9.38. The number of halogens is 1. The highest BCUT2D eigenvalue weighted by Crippen LogP contribution is 2.55. The van der Waals surface area contributed by atoms with Crippen molar-refractivity contribution in [1.29, 1.82) is 0 Å². The van der Waals surface area contributed by atoms with Crippen LogP contribution in [0.4, 0.5) is 0 Å². The van der Waals surface area contributed by atoms with E-state index in [1.165, 1.54) is 0 Å². The monoisotopic (exact) mass is 620 g/mol. The van der Waals surface area contributed by atoms with Gasteiger partial charge < -0.3 is 20.1 Å². The van der Waals surface area contributed by atoms with Gasteiger partial charge in [-0.05, 0) is 77.8 Å². The van der Waals surface area contributed by atoms with Gasteiger partial charge in [0.2, 0.25) is 0 Å². The molecule has 0 fully saturated rings. The van der Waals surface area contributed by atoms with E-state index in [1.807, 2.05) is 19.1 Å². The highest BCUT2D eigenvalue weighted by atomic mass is 127. The van der Waals surface area contributed by atoms with Crippen molar-refractivity contribution < 1.29 is 23.9 Å². The van der Waals surface area contributed by atoms with Crippen molar-refractivity contribution in [3.63, 3.8) is 0 Å². The second-order valence-corrected chi connectivity index (χ2v) is 13.0. The maximum Gasteiger partial charge on any atom is 0.255 e. The molecule has 0 atom stereocenters. The van der Waals surface area contributed by atoms with E-state index in [9.17, 15) is 14.4 Å². The highest BCUT2D eigenvalue weighted by Gasteiger charge is 2.48. The first-order chi connectivity index (χ1) is 17.3. The summed E-state index contributed by atoms with van der Waals surface area (Å²) in [7, 11) is 0. The molecule has 1 amide bonds. The van der Waals surface area contributed by atoms with Gasteiger partial charge in [0.25, 0.3) is 5.91 Å². The number of nitrogens with zero attached hydrogens (tertiary/aromatic N) is 1. The summed E-state index contributed by atoms with van der Waals surface area (Å²) < 4.78 is 12.3. The summed E-state index contributed by atoms with van der Waals surface area (Å²) >= 11 is 2.15. The predicted octanol–water partition coefficient (Wildman–Crippen LogP) is 5.26. The first kappa shape index (κ1) is 27.7. The van der Waals surface area contributed by atoms with Gasteiger partial charge in [-0.2, -0.15) is 0 Å². The van der Waals surface area contributed by atoms with Crippen LogP contribution in [0.25, 0.3) is 0 Å². The van der Waals surface area contributed by atoms with Gasteiger partial charge in [0.1, 0.15) is 0 Å². The number of benzene rings is 1. The Hall–Kier alpha value is -2.36. The fourth-order valence-electron chi connectivity index (χ4n) is 6.06. The minimum absolute atomic E-state index is 0.0981. The van der Waals surface area contributed by atoms with Crippen LogP contribution < -0.4 is 15.2 Å². The SMILES string of the molecule is CCOc1cc(C2C3=C(CC(C)(C)CC3=O)N(CC)C3=C2C(=O)CC(C)(C)C3)cc(I)c1OCC(N)=O. The molecule has 0 spiro atoms. The summed E-state index contributed by atoms with van der Waals surface area (Å²) in [5.74, 6) is 0.0658. The van der Waals surface area contributed by atoms with Crippen molar-refractivity contribution in [3.05, 3.63) is 43.8 Å². The van der Waals surface area contributed by atoms with Gasteiger partial charge in [-0.25, -0.2) is 0 Å². The van der Waals surface area contributed by atoms with E-state index < -0.39 is 11.8 Å². The Labute approximate surface area is 233 Å². The minimum Gasteiger partial charge on any atom is -0.490 e. The molecule has 1 heterocycles. The molecule has 0 saturated heterocycles. The van der Waals surface area contributed by atoms with E-state index in [0.717, 1.165) is 44.5 Å². The molecule has 3 aliphatic rings. The fraction of sp³-hybridized carbons (Fsp3) is 0.552. The van der Waals surface area contributed by atoms with E-state index >= 15 is 0 Å². The van der Waals surface area contributed by atoms with Crippen LogP contribution in [0.2, 0.25) is 0 Å². The number of nitrogens with two attached hydrogens (primary N) is 1. The van der Waals surface area contributed by atoms with Crippen LogP contribution in [0.5, 0.6) is 11.5 Å². The van der Waals surface area contributed by atoms with Crippen LogP contribution in [0.15, 0.2) is 34.7 Å². The molecule has 8 heteroatoms. The number of primary amides is 1. The standard InChI is InChI=1S/C29H37IN2O5/c1-7-32-18-11-28(3,4)13-20(33)25(18)24(26-19(32)12-29(5,6)14-21(26)34)16-9-17(30)27(37-15-23(31)35)22(10-16)36-8-2/h9-10,24H,7-8,11-15H2,1-6H3,(H2,31,35). The van der Waals surface area contributed by atoms with Crippen molar-refractivity contribution in [2.45, 2.75) is 73.1 Å². The van der Waals surface area contributed by atoms with Crippen molar-refractivity contribution in [2.75, 3.05) is 19.8 Å². The number of Topliss-reactive ketones (excluding diaryl/α,β-unsaturated/α-hetero) is 2. The second kappa shape index (κ2) is 10.1. The summed E-state index contributed by atoms with van der Waals surface area (Å²) in [5, 5.41) is 0. The predicted molar refractivity (Wildman–Crippen MR) is 150 cm³/mol. The fourth-order valence-corrected chi connectivity index (χ4v) is 6.84. The van der Waals surface area contributed by atoms with Gasteiger partial charge in [-0.3, -0.25) is 14.4 Å². The lowest BCUT2D eigenvalue weighted by Gasteiger charge is -2.49. The van der Waals surface area contributed by atoms with Gasteiger partial charge in [-0.15, -0.1) is 0 Å². The average molecular weight is 621 g/mol. The third kappa shape index (κ3) is 5.31. The number of carbonyl (C=O) groups is 3. The zero-order chi connectivity index (χ0) is 27.3. The number of allylic oxidation sites excluding steroid dienone is 4. The zero-order valence-electron chi connectivity index (χ0n) is 22.6. The molecular weight excluding hydrogens is 583 g/mol. The van der Waals surface area contributed by atoms with Gasteiger partial charge in [-0.1, -0.05) is 27.7 Å². The number of hydrogen-bond donors (Lipinski definition) is 1. The molecule has 0 aromatic heterocycles. The van der Waals surface area contributed by atoms with Gasteiger partial charge in [0.15, 0.2) is 29.7 Å². The highest BCUT2D eigenvalue weighted by molar-refractivity contribution is 14.1. The zero-order valence-corrected chi connectivity index (χ0v) is 24.8. The smallest absolute Gasteiger partial charge is 0.255 e. The third-order valence-electron chi connectivity index (χ3n) is 7.36. The molecule has 200 valence electrons. The van der Waals surface area contributed by atoms with E-state index in [0.29, 0.717) is 37.5 Å². The number of ketones is 2. The maximum atomic E-state index is 13.8. The van der Waals surface area contributed by atoms with Crippen LogP contribution in [0.1, 0.15) is 78.7 Å². The molecule has 0 radical (unpaired) electrons. The summed E-state index contributed by atoms with van der Waals surface area (Å²) in [6.45, 7) is 13.3. The topological polar surface area (TPSA) is 98.9 Å². The number of carbonyl (C=O) groups excluding carboxylic acids is 3. The van der Waals surface area contributed by atoms with Crippen molar-refractivity contribution in [2.24, 2.45) is 16.6 Å². The molecule has 0 unspecified atom stereocenters. The molecule has 7 nitrogen and oxygen atoms in total. The van der Waals surface area contributed by atoms with Gasteiger partial charge in [0.05, 0.1) is 10.2 Å². The molecular formula is C29H37IN2O5. The molecule has 0 bridgehead atoms. The van der Waals surface area contributed by atoms with Crippen LogP contribution in [0.3, 0.4) is 0 Å². The molecule has 2 N–H and O–H groups in total. The first-order valence-electron chi connectivity index (χ1n) is 13.0. The maximum absolute atomic E-state index is 13.8. The van der Waals surface area contributed by atoms with Gasteiger partial charge >= 0.3 is 0 Å². The Morgan fingerprint density at radius 2 is 1.51 bits per heavy atom. The van der Waals surface area contributed by atoms with Crippen LogP contribution in [-0.4, -0.2) is 42.1 Å². The van der Waals surface area contributed by atoms with Crippen molar-refractivity contribution in [1.82, 2.24) is 4.90 Å². The van der Waals surface area contributed by atoms with Crippen LogP contribution >= 0.6 is 22.6 Å². The van der Waals surface area contributed by atoms with Crippen molar-refractivity contribution in [3.8, 4) is 11.5 Å². The molecule has 1 aliphatic heterocycles. The Morgan fingerprint density at radius 1 is 0.973 bits per heavy atom. The Bertz CT molecular complexity index is 1170. The number of hydrogen-bond acceptors (Lipinski definition) is 6. The van der Waals surface area contributed by atoms with Crippen LogP contribution in [0, 0.1) is 14.4 Å². The summed E-state index contributed by atoms with van der Waals surface area (Å²) in [4.78, 5) is 41.2. The summed E-state index contributed by atoms with van der Waals surface area (Å²) in [6, 6.07) is 3.81. The normalized spacial score (nSPS) is 21.1. The number of ether oxygens (including phenoxy) is 2. The number of rotatable bonds is 7. The molecule has 1 aromatic rings. The molecule has 37 heavy (non-hydrogen) atoms. The molecule has 1 aromatic carbocycles. The Kier molecular flexibility index (Phi) is 7.53. The molecule has 0 saturated carbocycles. The van der Waals surface area contributed by atoms with E-state index in [-0.39, 0.29) is 29.0 Å². The lowest BCUT2D eigenvalue weighted by atomic mass is 9.63. The van der Waals surface area contributed by atoms with E-state index in [4.69, 9.17) is 15.2 Å². The minimum atomic E-state index is -0.579. The Balaban J connectivity index is 1.97. The average Bonchev–Trinajstić information content (AvgIpc) is 2.75. The van der Waals surface area contributed by atoms with Gasteiger partial charge in [0, 0.05) is 47.8 Å². The van der Waals surface area contributed by atoms with E-state index in [2.05, 4.69) is 62.1 Å². The van der Waals surface area contributed by atoms with E-state index in [1.54, 1.807) is 0 Å². The molecule has 2 aliphatic carbocycles. The molecule has 4 rings (SSSR count). The summed E-state index contributed by atoms with van der Waals surface area (Å²) in [6.07, 6.45) is 2.44. The Morgan fingerprint density at radius 3 is 1.97 bits per heavy atom. The lowest BCUT2D eigenvalue weighted by molar-refractivity contribution is -0.121. The van der Waals surface area contributed by atoms with Crippen LogP contribution in [-0.2, 0) is 14.4 Å². The third-order valence-corrected chi connectivity index (χ3v) is 8.16. The first-order valence-corrected chi connectivity index (χ1v) is 14.0. The lowest BCUT2D eigenvalue weighted by Crippen LogP contribution is -2.44. The quantitative estimate of drug-likeness (QED) is 0.418. The second-order valence-electron chi connectivity index (χ2n) is 11.8. The largest absolute Gasteiger partial charge is 0.490 e. The number of amides is 1.